The van der Waals surface area contributed by atoms with Crippen molar-refractivity contribution in [1.29, 1.82) is 0 Å². The van der Waals surface area contributed by atoms with Gasteiger partial charge in [-0.2, -0.15) is 8.42 Å². The number of phenols is 1. The molecule has 3 aromatic rings. The molecule has 13 heteroatoms. The molecule has 0 aliphatic carbocycles. The monoisotopic (exact) mass is 576 g/mol. The van der Waals surface area contributed by atoms with Crippen LogP contribution in [0.3, 0.4) is 0 Å². The number of hydrogen-bond donors (Lipinski definition) is 2. The molecule has 0 spiro atoms. The number of amides is 4. The summed E-state index contributed by atoms with van der Waals surface area (Å²) in [6.45, 7) is 1.76. The van der Waals surface area contributed by atoms with E-state index in [1.807, 2.05) is 0 Å². The molecule has 1 saturated heterocycles. The lowest BCUT2D eigenvalue weighted by Gasteiger charge is -2.26. The first kappa shape index (κ1) is 27.0. The van der Waals surface area contributed by atoms with Crippen molar-refractivity contribution in [2.75, 3.05) is 11.5 Å². The standard InChI is InChI=1S/C25H18Cl2N2O8S/c1-2-36-21-13-14(12-20(27)22(21)37-38(34,35)18-9-3-15(26)4-10-18)11-19-23(31)28-25(33)29(24(19)32)16-5-7-17(30)8-6-16/h3-13,30H,2H2,1H3,(H,28,31,33)/b19-11+. The van der Waals surface area contributed by atoms with Gasteiger partial charge in [-0.15, -0.1) is 0 Å². The Bertz CT molecular complexity index is 1570. The molecule has 2 N–H and O–H groups in total. The summed E-state index contributed by atoms with van der Waals surface area (Å²) in [6.07, 6.45) is 1.17. The molecule has 0 aromatic heterocycles. The van der Waals surface area contributed by atoms with Gasteiger partial charge in [0, 0.05) is 5.02 Å². The first-order valence-electron chi connectivity index (χ1n) is 10.9. The van der Waals surface area contributed by atoms with Crippen LogP contribution in [0.5, 0.6) is 17.2 Å². The van der Waals surface area contributed by atoms with Gasteiger partial charge >= 0.3 is 16.1 Å². The number of benzene rings is 3. The zero-order valence-corrected chi connectivity index (χ0v) is 21.8. The quantitative estimate of drug-likeness (QED) is 0.237. The molecule has 3 aromatic carbocycles. The maximum absolute atomic E-state index is 13.1. The van der Waals surface area contributed by atoms with Gasteiger partial charge in [-0.1, -0.05) is 23.2 Å². The molecule has 1 aliphatic heterocycles. The largest absolute Gasteiger partial charge is 0.508 e. The molecule has 1 aliphatic rings. The second kappa shape index (κ2) is 10.7. The Morgan fingerprint density at radius 1 is 1.00 bits per heavy atom. The third-order valence-corrected chi connectivity index (χ3v) is 6.92. The van der Waals surface area contributed by atoms with E-state index in [-0.39, 0.29) is 45.0 Å². The van der Waals surface area contributed by atoms with Crippen LogP contribution >= 0.6 is 23.2 Å². The summed E-state index contributed by atoms with van der Waals surface area (Å²) in [7, 11) is -4.32. The number of ether oxygens (including phenoxy) is 1. The van der Waals surface area contributed by atoms with Crippen LogP contribution in [-0.4, -0.2) is 38.0 Å². The minimum Gasteiger partial charge on any atom is -0.508 e. The van der Waals surface area contributed by atoms with E-state index in [9.17, 15) is 27.9 Å². The molecular weight excluding hydrogens is 559 g/mol. The number of hydrogen-bond acceptors (Lipinski definition) is 8. The van der Waals surface area contributed by atoms with Crippen LogP contribution in [0.4, 0.5) is 10.5 Å². The number of halogens is 2. The molecule has 1 heterocycles. The summed E-state index contributed by atoms with van der Waals surface area (Å²) in [4.78, 5) is 38.5. The highest BCUT2D eigenvalue weighted by atomic mass is 35.5. The van der Waals surface area contributed by atoms with E-state index >= 15 is 0 Å². The molecule has 4 amide bonds. The fraction of sp³-hybridized carbons (Fsp3) is 0.0800. The Kier molecular flexibility index (Phi) is 7.63. The number of rotatable bonds is 7. The predicted molar refractivity (Wildman–Crippen MR) is 139 cm³/mol. The van der Waals surface area contributed by atoms with Gasteiger partial charge < -0.3 is 14.0 Å². The van der Waals surface area contributed by atoms with Crippen LogP contribution in [0.2, 0.25) is 10.0 Å². The molecular formula is C25H18Cl2N2O8S. The van der Waals surface area contributed by atoms with E-state index in [1.54, 1.807) is 6.92 Å². The van der Waals surface area contributed by atoms with Crippen molar-refractivity contribution in [3.63, 3.8) is 0 Å². The molecule has 38 heavy (non-hydrogen) atoms. The second-order valence-corrected chi connectivity index (χ2v) is 10.1. The lowest BCUT2D eigenvalue weighted by atomic mass is 10.1. The summed E-state index contributed by atoms with van der Waals surface area (Å²) in [5.41, 5.74) is -0.0975. The van der Waals surface area contributed by atoms with Crippen molar-refractivity contribution in [3.8, 4) is 17.2 Å². The minimum atomic E-state index is -4.32. The summed E-state index contributed by atoms with van der Waals surface area (Å²) >= 11 is 12.2. The Balaban J connectivity index is 1.72. The molecule has 0 bridgehead atoms. The second-order valence-electron chi connectivity index (χ2n) is 7.73. The average molecular weight is 577 g/mol. The third kappa shape index (κ3) is 5.59. The fourth-order valence-corrected chi connectivity index (χ4v) is 4.82. The molecule has 0 unspecified atom stereocenters. The molecule has 4 rings (SSSR count). The number of carbonyl (C=O) groups is 3. The molecule has 196 valence electrons. The van der Waals surface area contributed by atoms with Crippen LogP contribution in [0.1, 0.15) is 12.5 Å². The summed E-state index contributed by atoms with van der Waals surface area (Å²) in [6, 6.07) is 12.1. The smallest absolute Gasteiger partial charge is 0.339 e. The number of anilines is 1. The lowest BCUT2D eigenvalue weighted by molar-refractivity contribution is -0.122. The van der Waals surface area contributed by atoms with Gasteiger partial charge in [0.1, 0.15) is 16.2 Å². The highest BCUT2D eigenvalue weighted by Crippen LogP contribution is 2.39. The van der Waals surface area contributed by atoms with Crippen molar-refractivity contribution < 1.29 is 36.8 Å². The van der Waals surface area contributed by atoms with Crippen molar-refractivity contribution in [3.05, 3.63) is 81.8 Å². The molecule has 1 fully saturated rings. The Hall–Kier alpha value is -4.06. The lowest BCUT2D eigenvalue weighted by Crippen LogP contribution is -2.54. The number of carbonyl (C=O) groups excluding carboxylic acids is 3. The van der Waals surface area contributed by atoms with Gasteiger partial charge in [0.25, 0.3) is 11.8 Å². The van der Waals surface area contributed by atoms with Crippen LogP contribution in [0, 0.1) is 0 Å². The highest BCUT2D eigenvalue weighted by molar-refractivity contribution is 7.87. The summed E-state index contributed by atoms with van der Waals surface area (Å²) < 4.78 is 36.4. The van der Waals surface area contributed by atoms with Gasteiger partial charge in [-0.3, -0.25) is 14.9 Å². The Morgan fingerprint density at radius 3 is 2.29 bits per heavy atom. The van der Waals surface area contributed by atoms with Crippen LogP contribution in [0.15, 0.2) is 71.1 Å². The first-order valence-corrected chi connectivity index (χ1v) is 13.0. The number of phenolic OH excluding ortho intramolecular Hbond substituents is 1. The summed E-state index contributed by atoms with van der Waals surface area (Å²) in [5, 5.41) is 11.7. The van der Waals surface area contributed by atoms with E-state index in [4.69, 9.17) is 32.1 Å². The minimum absolute atomic E-state index is 0.0699. The van der Waals surface area contributed by atoms with Crippen LogP contribution < -0.4 is 19.1 Å². The fourth-order valence-electron chi connectivity index (χ4n) is 3.43. The third-order valence-electron chi connectivity index (χ3n) is 5.15. The molecule has 0 radical (unpaired) electrons. The SMILES string of the molecule is CCOc1cc(/C=C2\C(=O)NC(=O)N(c3ccc(O)cc3)C2=O)cc(Cl)c1OS(=O)(=O)c1ccc(Cl)cc1. The highest BCUT2D eigenvalue weighted by Gasteiger charge is 2.37. The molecule has 0 atom stereocenters. The number of imide groups is 2. The zero-order chi connectivity index (χ0) is 27.6. The number of aromatic hydroxyl groups is 1. The van der Waals surface area contributed by atoms with Gasteiger partial charge in [-0.05, 0) is 79.2 Å². The van der Waals surface area contributed by atoms with Crippen molar-refractivity contribution in [2.24, 2.45) is 0 Å². The average Bonchev–Trinajstić information content (AvgIpc) is 2.85. The number of nitrogens with zero attached hydrogens (tertiary/aromatic N) is 1. The number of nitrogens with one attached hydrogen (secondary N) is 1. The number of barbiturate groups is 1. The van der Waals surface area contributed by atoms with Crippen LogP contribution in [0.25, 0.3) is 6.08 Å². The van der Waals surface area contributed by atoms with Crippen molar-refractivity contribution in [2.45, 2.75) is 11.8 Å². The zero-order valence-electron chi connectivity index (χ0n) is 19.5. The maximum atomic E-state index is 13.1. The van der Waals surface area contributed by atoms with E-state index in [1.165, 1.54) is 66.7 Å². The molecule has 0 saturated carbocycles. The van der Waals surface area contributed by atoms with E-state index in [0.29, 0.717) is 5.02 Å². The van der Waals surface area contributed by atoms with Gasteiger partial charge in [-0.25, -0.2) is 9.69 Å². The van der Waals surface area contributed by atoms with Gasteiger partial charge in [0.15, 0.2) is 5.75 Å². The summed E-state index contributed by atoms with van der Waals surface area (Å²) in [5.74, 6) is -2.33. The number of urea groups is 1. The Morgan fingerprint density at radius 2 is 1.66 bits per heavy atom. The normalized spacial score (nSPS) is 15.0. The topological polar surface area (TPSA) is 139 Å². The van der Waals surface area contributed by atoms with Crippen molar-refractivity contribution in [1.82, 2.24) is 5.32 Å². The Labute approximate surface area is 227 Å². The van der Waals surface area contributed by atoms with Gasteiger partial charge in [0.2, 0.25) is 5.75 Å². The predicted octanol–water partition coefficient (Wildman–Crippen LogP) is 4.53. The van der Waals surface area contributed by atoms with E-state index < -0.39 is 33.5 Å². The first-order chi connectivity index (χ1) is 18.0. The van der Waals surface area contributed by atoms with E-state index in [2.05, 4.69) is 5.32 Å². The van der Waals surface area contributed by atoms with Crippen LogP contribution in [-0.2, 0) is 19.7 Å². The van der Waals surface area contributed by atoms with Crippen molar-refractivity contribution >= 4 is 62.9 Å². The van der Waals surface area contributed by atoms with E-state index in [0.717, 1.165) is 4.90 Å². The molecule has 10 nitrogen and oxygen atoms in total. The van der Waals surface area contributed by atoms with Gasteiger partial charge in [0.05, 0.1) is 17.3 Å². The maximum Gasteiger partial charge on any atom is 0.339 e.